The predicted molar refractivity (Wildman–Crippen MR) is 73.2 cm³/mol. The highest BCUT2D eigenvalue weighted by Gasteiger charge is 2.35. The molecule has 1 aromatic carbocycles. The van der Waals surface area contributed by atoms with Crippen LogP contribution < -0.4 is 15.5 Å². The lowest BCUT2D eigenvalue weighted by molar-refractivity contribution is -0.117. The minimum atomic E-state index is -0.0614. The van der Waals surface area contributed by atoms with Gasteiger partial charge in [-0.1, -0.05) is 26.0 Å². The molecule has 1 fully saturated rings. The molecule has 1 amide bonds. The number of anilines is 2. The number of carbonyl (C=O) groups is 1. The van der Waals surface area contributed by atoms with Crippen LogP contribution in [0.3, 0.4) is 0 Å². The molecule has 0 aromatic heterocycles. The number of rotatable bonds is 1. The highest BCUT2D eigenvalue weighted by atomic mass is 16.2. The molecular formula is C14H19N3O. The molecule has 4 heteroatoms. The van der Waals surface area contributed by atoms with Crippen LogP contribution in [0.15, 0.2) is 18.2 Å². The summed E-state index contributed by atoms with van der Waals surface area (Å²) in [7, 11) is 0. The van der Waals surface area contributed by atoms with Crippen molar-refractivity contribution in [3.05, 3.63) is 23.8 Å². The third-order valence-electron chi connectivity index (χ3n) is 3.80. The number of hydrogen-bond donors (Lipinski definition) is 2. The number of carbonyl (C=O) groups excluding carboxylic acids is 1. The van der Waals surface area contributed by atoms with Gasteiger partial charge in [0.2, 0.25) is 5.91 Å². The van der Waals surface area contributed by atoms with Gasteiger partial charge in [0.25, 0.3) is 0 Å². The molecule has 3 rings (SSSR count). The lowest BCUT2D eigenvalue weighted by Crippen LogP contribution is -2.59. The summed E-state index contributed by atoms with van der Waals surface area (Å²) in [5.41, 5.74) is 3.40. The molecule has 0 bridgehead atoms. The van der Waals surface area contributed by atoms with E-state index in [2.05, 4.69) is 47.6 Å². The Morgan fingerprint density at radius 2 is 2.22 bits per heavy atom. The molecule has 96 valence electrons. The van der Waals surface area contributed by atoms with Crippen LogP contribution in [0.4, 0.5) is 11.4 Å². The summed E-state index contributed by atoms with van der Waals surface area (Å²) < 4.78 is 0. The first-order valence-electron chi connectivity index (χ1n) is 6.59. The number of benzene rings is 1. The summed E-state index contributed by atoms with van der Waals surface area (Å²) in [5.74, 6) is 0.530. The molecule has 0 spiro atoms. The zero-order valence-electron chi connectivity index (χ0n) is 10.9. The number of piperazine rings is 1. The van der Waals surface area contributed by atoms with Crippen LogP contribution in [0.1, 0.15) is 25.3 Å². The van der Waals surface area contributed by atoms with Crippen molar-refractivity contribution in [3.63, 3.8) is 0 Å². The Morgan fingerprint density at radius 3 is 3.00 bits per heavy atom. The number of fused-ring (bicyclic) bond motifs is 3. The van der Waals surface area contributed by atoms with E-state index < -0.39 is 0 Å². The second-order valence-electron chi connectivity index (χ2n) is 5.30. The number of amides is 1. The Bertz CT molecular complexity index is 484. The maximum Gasteiger partial charge on any atom is 0.248 e. The fourth-order valence-electron chi connectivity index (χ4n) is 2.85. The molecule has 1 aromatic rings. The molecule has 2 N–H and O–H groups in total. The number of para-hydroxylation sites is 1. The van der Waals surface area contributed by atoms with Crippen molar-refractivity contribution < 1.29 is 4.79 Å². The van der Waals surface area contributed by atoms with Crippen LogP contribution in [0, 0.1) is 0 Å². The first-order valence-corrected chi connectivity index (χ1v) is 6.59. The van der Waals surface area contributed by atoms with E-state index in [0.717, 1.165) is 25.3 Å². The first-order chi connectivity index (χ1) is 8.68. The van der Waals surface area contributed by atoms with Crippen molar-refractivity contribution in [2.75, 3.05) is 29.9 Å². The van der Waals surface area contributed by atoms with Gasteiger partial charge in [-0.2, -0.15) is 0 Å². The molecule has 1 atom stereocenters. The van der Waals surface area contributed by atoms with Gasteiger partial charge in [-0.3, -0.25) is 4.79 Å². The van der Waals surface area contributed by atoms with Gasteiger partial charge < -0.3 is 15.5 Å². The normalized spacial score (nSPS) is 22.5. The van der Waals surface area contributed by atoms with Gasteiger partial charge in [0.1, 0.15) is 6.04 Å². The third kappa shape index (κ3) is 1.68. The molecule has 1 unspecified atom stereocenters. The second kappa shape index (κ2) is 4.28. The van der Waals surface area contributed by atoms with Crippen molar-refractivity contribution >= 4 is 17.3 Å². The van der Waals surface area contributed by atoms with Crippen LogP contribution in [0.25, 0.3) is 0 Å². The molecule has 18 heavy (non-hydrogen) atoms. The molecule has 2 aliphatic rings. The van der Waals surface area contributed by atoms with Gasteiger partial charge in [0.05, 0.1) is 11.4 Å². The SMILES string of the molecule is CC(C)c1cccc2c1NC(=O)C1CNCCN21. The summed E-state index contributed by atoms with van der Waals surface area (Å²) >= 11 is 0. The lowest BCUT2D eigenvalue weighted by Gasteiger charge is -2.42. The molecule has 0 aliphatic carbocycles. The summed E-state index contributed by atoms with van der Waals surface area (Å²) in [6.45, 7) is 6.89. The van der Waals surface area contributed by atoms with Crippen molar-refractivity contribution in [1.82, 2.24) is 5.32 Å². The largest absolute Gasteiger partial charge is 0.356 e. The third-order valence-corrected chi connectivity index (χ3v) is 3.80. The maximum atomic E-state index is 12.2. The fourth-order valence-corrected chi connectivity index (χ4v) is 2.85. The fraction of sp³-hybridized carbons (Fsp3) is 0.500. The average Bonchev–Trinajstić information content (AvgIpc) is 2.38. The van der Waals surface area contributed by atoms with Crippen molar-refractivity contribution in [2.45, 2.75) is 25.8 Å². The lowest BCUT2D eigenvalue weighted by atomic mass is 9.96. The highest BCUT2D eigenvalue weighted by Crippen LogP contribution is 2.38. The highest BCUT2D eigenvalue weighted by molar-refractivity contribution is 6.04. The molecule has 0 radical (unpaired) electrons. The van der Waals surface area contributed by atoms with E-state index in [4.69, 9.17) is 0 Å². The van der Waals surface area contributed by atoms with Gasteiger partial charge >= 0.3 is 0 Å². The molecule has 1 saturated heterocycles. The Balaban J connectivity index is 2.09. The smallest absolute Gasteiger partial charge is 0.248 e. The zero-order chi connectivity index (χ0) is 12.7. The Hall–Kier alpha value is -1.55. The van der Waals surface area contributed by atoms with E-state index in [1.54, 1.807) is 0 Å². The van der Waals surface area contributed by atoms with E-state index in [1.807, 2.05) is 0 Å². The van der Waals surface area contributed by atoms with Gasteiger partial charge in [0.15, 0.2) is 0 Å². The van der Waals surface area contributed by atoms with Crippen molar-refractivity contribution in [2.24, 2.45) is 0 Å². The van der Waals surface area contributed by atoms with E-state index in [-0.39, 0.29) is 11.9 Å². The summed E-state index contributed by atoms with van der Waals surface area (Å²) in [4.78, 5) is 14.4. The second-order valence-corrected chi connectivity index (χ2v) is 5.30. The van der Waals surface area contributed by atoms with Crippen LogP contribution in [-0.2, 0) is 4.79 Å². The van der Waals surface area contributed by atoms with Gasteiger partial charge in [0, 0.05) is 19.6 Å². The number of nitrogens with zero attached hydrogens (tertiary/aromatic N) is 1. The maximum absolute atomic E-state index is 12.2. The van der Waals surface area contributed by atoms with E-state index in [1.165, 1.54) is 11.3 Å². The summed E-state index contributed by atoms with van der Waals surface area (Å²) in [5, 5.41) is 6.37. The van der Waals surface area contributed by atoms with Gasteiger partial charge in [-0.25, -0.2) is 0 Å². The van der Waals surface area contributed by atoms with Crippen molar-refractivity contribution in [1.29, 1.82) is 0 Å². The Morgan fingerprint density at radius 1 is 1.39 bits per heavy atom. The molecule has 4 nitrogen and oxygen atoms in total. The minimum Gasteiger partial charge on any atom is -0.356 e. The quantitative estimate of drug-likeness (QED) is 0.789. The number of nitrogens with one attached hydrogen (secondary N) is 2. The van der Waals surface area contributed by atoms with E-state index in [0.29, 0.717) is 5.92 Å². The summed E-state index contributed by atoms with van der Waals surface area (Å²) in [6, 6.07) is 6.24. The Labute approximate surface area is 107 Å². The Kier molecular flexibility index (Phi) is 2.74. The van der Waals surface area contributed by atoms with Crippen molar-refractivity contribution in [3.8, 4) is 0 Å². The van der Waals surface area contributed by atoms with E-state index >= 15 is 0 Å². The number of hydrogen-bond acceptors (Lipinski definition) is 3. The molecule has 2 aliphatic heterocycles. The standard InChI is InChI=1S/C14H19N3O/c1-9(2)10-4-3-5-11-13(10)16-14(18)12-8-15-6-7-17(11)12/h3-5,9,12,15H,6-8H2,1-2H3,(H,16,18). The average molecular weight is 245 g/mol. The van der Waals surface area contributed by atoms with Crippen LogP contribution in [0.5, 0.6) is 0 Å². The van der Waals surface area contributed by atoms with Crippen LogP contribution in [0.2, 0.25) is 0 Å². The summed E-state index contributed by atoms with van der Waals surface area (Å²) in [6.07, 6.45) is 0. The van der Waals surface area contributed by atoms with E-state index in [9.17, 15) is 4.79 Å². The molecule has 0 saturated carbocycles. The van der Waals surface area contributed by atoms with Gasteiger partial charge in [-0.15, -0.1) is 0 Å². The van der Waals surface area contributed by atoms with Crippen LogP contribution >= 0.6 is 0 Å². The predicted octanol–water partition coefficient (Wildman–Crippen LogP) is 1.54. The monoisotopic (exact) mass is 245 g/mol. The molecule has 2 heterocycles. The van der Waals surface area contributed by atoms with Gasteiger partial charge in [-0.05, 0) is 17.5 Å². The minimum absolute atomic E-state index is 0.0614. The molecular weight excluding hydrogens is 226 g/mol. The topological polar surface area (TPSA) is 44.4 Å². The van der Waals surface area contributed by atoms with Crippen LogP contribution in [-0.4, -0.2) is 31.6 Å². The first kappa shape index (κ1) is 11.5. The zero-order valence-corrected chi connectivity index (χ0v) is 10.9.